The molecule has 1 N–H and O–H groups in total. The molecule has 1 amide bonds. The number of hydrogen-bond donors (Lipinski definition) is 1. The van der Waals surface area contributed by atoms with Crippen molar-refractivity contribution in [1.82, 2.24) is 24.3 Å². The molecule has 2 aliphatic rings. The van der Waals surface area contributed by atoms with Crippen LogP contribution in [0.15, 0.2) is 43.1 Å². The number of carbonyl (C=O) groups is 1. The van der Waals surface area contributed by atoms with Gasteiger partial charge in [-0.1, -0.05) is 6.08 Å². The molecule has 3 aromatic rings. The smallest absolute Gasteiger partial charge is 0.233 e. The van der Waals surface area contributed by atoms with Crippen LogP contribution in [0, 0.1) is 5.92 Å². The zero-order valence-corrected chi connectivity index (χ0v) is 15.8. The van der Waals surface area contributed by atoms with Crippen molar-refractivity contribution < 1.29 is 4.79 Å². The van der Waals surface area contributed by atoms with Gasteiger partial charge in [-0.05, 0) is 44.6 Å². The highest BCUT2D eigenvalue weighted by molar-refractivity contribution is 5.94. The molecule has 0 aromatic carbocycles. The molecule has 3 aromatic heterocycles. The molecular formula is C21H22N6O. The number of fused-ring (bicyclic) bond motifs is 2. The Morgan fingerprint density at radius 1 is 1.18 bits per heavy atom. The van der Waals surface area contributed by atoms with E-state index in [-0.39, 0.29) is 11.8 Å². The van der Waals surface area contributed by atoms with E-state index < -0.39 is 0 Å². The number of hydrogen-bond acceptors (Lipinski definition) is 5. The van der Waals surface area contributed by atoms with Gasteiger partial charge < -0.3 is 10.2 Å². The van der Waals surface area contributed by atoms with E-state index >= 15 is 0 Å². The zero-order chi connectivity index (χ0) is 19.1. The Balaban J connectivity index is 1.38. The Kier molecular flexibility index (Phi) is 4.16. The summed E-state index contributed by atoms with van der Waals surface area (Å²) in [5.74, 6) is 0.854. The zero-order valence-electron chi connectivity index (χ0n) is 15.8. The van der Waals surface area contributed by atoms with Crippen LogP contribution in [0.3, 0.4) is 0 Å². The van der Waals surface area contributed by atoms with Gasteiger partial charge in [0.15, 0.2) is 0 Å². The summed E-state index contributed by atoms with van der Waals surface area (Å²) in [5.41, 5.74) is 4.96. The predicted molar refractivity (Wildman–Crippen MR) is 107 cm³/mol. The van der Waals surface area contributed by atoms with Crippen molar-refractivity contribution in [2.75, 3.05) is 25.5 Å². The molecular weight excluding hydrogens is 352 g/mol. The van der Waals surface area contributed by atoms with Gasteiger partial charge in [0.2, 0.25) is 11.7 Å². The fourth-order valence-electron chi connectivity index (χ4n) is 4.01. The first-order chi connectivity index (χ1) is 13.7. The first kappa shape index (κ1) is 17.1. The minimum atomic E-state index is 0.0762. The lowest BCUT2D eigenvalue weighted by molar-refractivity contribution is -0.121. The molecule has 1 fully saturated rings. The number of imidazole rings is 1. The van der Waals surface area contributed by atoms with E-state index in [1.165, 1.54) is 0 Å². The molecule has 0 saturated carbocycles. The summed E-state index contributed by atoms with van der Waals surface area (Å²) in [5, 5.41) is 3.08. The summed E-state index contributed by atoms with van der Waals surface area (Å²) in [7, 11) is 2.10. The van der Waals surface area contributed by atoms with Crippen LogP contribution in [0.1, 0.15) is 29.7 Å². The number of likely N-dealkylation sites (tertiary alicyclic amines) is 1. The third-order valence-electron chi connectivity index (χ3n) is 5.67. The molecule has 0 bridgehead atoms. The summed E-state index contributed by atoms with van der Waals surface area (Å²) >= 11 is 0. The lowest BCUT2D eigenvalue weighted by Gasteiger charge is -2.28. The molecule has 0 unspecified atom stereocenters. The van der Waals surface area contributed by atoms with E-state index in [0.717, 1.165) is 60.4 Å². The summed E-state index contributed by atoms with van der Waals surface area (Å²) in [6.45, 7) is 1.94. The van der Waals surface area contributed by atoms with E-state index in [1.54, 1.807) is 12.4 Å². The quantitative estimate of drug-likeness (QED) is 0.762. The van der Waals surface area contributed by atoms with Crippen molar-refractivity contribution in [1.29, 1.82) is 0 Å². The molecule has 28 heavy (non-hydrogen) atoms. The maximum atomic E-state index is 12.7. The van der Waals surface area contributed by atoms with Gasteiger partial charge in [-0.2, -0.15) is 0 Å². The topological polar surface area (TPSA) is 75.4 Å². The summed E-state index contributed by atoms with van der Waals surface area (Å²) < 4.78 is 1.91. The maximum absolute atomic E-state index is 12.7. The third-order valence-corrected chi connectivity index (χ3v) is 5.67. The molecule has 5 rings (SSSR count). The van der Waals surface area contributed by atoms with Gasteiger partial charge in [-0.15, -0.1) is 0 Å². The van der Waals surface area contributed by atoms with Crippen LogP contribution in [0.25, 0.3) is 11.4 Å². The van der Waals surface area contributed by atoms with Crippen molar-refractivity contribution >= 4 is 22.9 Å². The molecule has 0 spiro atoms. The average molecular weight is 374 g/mol. The Morgan fingerprint density at radius 3 is 2.89 bits per heavy atom. The monoisotopic (exact) mass is 374 g/mol. The van der Waals surface area contributed by atoms with E-state index in [2.05, 4.69) is 38.3 Å². The minimum absolute atomic E-state index is 0.0762. The van der Waals surface area contributed by atoms with Gasteiger partial charge in [0, 0.05) is 48.3 Å². The van der Waals surface area contributed by atoms with Crippen LogP contribution in [0.5, 0.6) is 0 Å². The lowest BCUT2D eigenvalue weighted by atomic mass is 9.96. The highest BCUT2D eigenvalue weighted by atomic mass is 16.1. The molecule has 142 valence electrons. The molecule has 0 atom stereocenters. The fraction of sp³-hybridized carbons (Fsp3) is 0.333. The van der Waals surface area contributed by atoms with Gasteiger partial charge in [0.25, 0.3) is 0 Å². The number of nitrogens with one attached hydrogen (secondary N) is 1. The number of amides is 1. The Hall–Kier alpha value is -3.06. The van der Waals surface area contributed by atoms with Crippen molar-refractivity contribution in [2.24, 2.45) is 5.92 Å². The van der Waals surface area contributed by atoms with Gasteiger partial charge in [-0.3, -0.25) is 14.2 Å². The van der Waals surface area contributed by atoms with Crippen molar-refractivity contribution in [3.63, 3.8) is 0 Å². The molecule has 1 saturated heterocycles. The molecule has 1 aliphatic heterocycles. The number of allylic oxidation sites excluding steroid dienone is 1. The highest BCUT2D eigenvalue weighted by Crippen LogP contribution is 2.33. The first-order valence-electron chi connectivity index (χ1n) is 9.65. The molecule has 7 heteroatoms. The van der Waals surface area contributed by atoms with E-state index in [0.29, 0.717) is 5.78 Å². The maximum Gasteiger partial charge on any atom is 0.233 e. The molecule has 7 nitrogen and oxygen atoms in total. The van der Waals surface area contributed by atoms with Crippen LogP contribution in [-0.4, -0.2) is 50.3 Å². The van der Waals surface area contributed by atoms with E-state index in [1.807, 2.05) is 29.1 Å². The summed E-state index contributed by atoms with van der Waals surface area (Å²) in [6.07, 6.45) is 14.0. The molecule has 4 heterocycles. The van der Waals surface area contributed by atoms with Gasteiger partial charge in [0.05, 0.1) is 17.6 Å². The second-order valence-electron chi connectivity index (χ2n) is 7.58. The third kappa shape index (κ3) is 3.07. The SMILES string of the molecule is CN1CCC(C(=O)Nc2cnc3c(c2)C(c2cnc4nccn4c2)=CC3)CC1. The van der Waals surface area contributed by atoms with E-state index in [9.17, 15) is 4.79 Å². The predicted octanol–water partition coefficient (Wildman–Crippen LogP) is 2.39. The van der Waals surface area contributed by atoms with Crippen LogP contribution in [0.4, 0.5) is 5.69 Å². The normalized spacial score (nSPS) is 17.5. The second kappa shape index (κ2) is 6.83. The largest absolute Gasteiger partial charge is 0.324 e. The van der Waals surface area contributed by atoms with Crippen LogP contribution in [-0.2, 0) is 11.2 Å². The number of pyridine rings is 1. The van der Waals surface area contributed by atoms with Gasteiger partial charge in [0.1, 0.15) is 0 Å². The van der Waals surface area contributed by atoms with Crippen LogP contribution >= 0.6 is 0 Å². The Labute approximate surface area is 163 Å². The number of anilines is 1. The number of carbonyl (C=O) groups excluding carboxylic acids is 1. The average Bonchev–Trinajstić information content (AvgIpc) is 3.34. The first-order valence-corrected chi connectivity index (χ1v) is 9.65. The van der Waals surface area contributed by atoms with E-state index in [4.69, 9.17) is 0 Å². The Morgan fingerprint density at radius 2 is 2.04 bits per heavy atom. The number of nitrogens with zero attached hydrogens (tertiary/aromatic N) is 5. The second-order valence-corrected chi connectivity index (χ2v) is 7.58. The Bertz CT molecular complexity index is 1080. The number of rotatable bonds is 3. The van der Waals surface area contributed by atoms with Gasteiger partial charge in [-0.25, -0.2) is 9.97 Å². The molecule has 0 radical (unpaired) electrons. The van der Waals surface area contributed by atoms with Crippen molar-refractivity contribution in [2.45, 2.75) is 19.3 Å². The standard InChI is InChI=1S/C21H22N6O/c1-26-7-4-14(5-8-26)20(28)25-16-10-18-17(2-3-19(18)23-12-16)15-11-24-21-22-6-9-27(21)13-15/h2,6,9-14H,3-5,7-8H2,1H3,(H,25,28). The van der Waals surface area contributed by atoms with Crippen LogP contribution in [0.2, 0.25) is 0 Å². The highest BCUT2D eigenvalue weighted by Gasteiger charge is 2.24. The lowest BCUT2D eigenvalue weighted by Crippen LogP contribution is -2.35. The minimum Gasteiger partial charge on any atom is -0.324 e. The summed E-state index contributed by atoms with van der Waals surface area (Å²) in [4.78, 5) is 28.1. The van der Waals surface area contributed by atoms with Crippen molar-refractivity contribution in [3.8, 4) is 0 Å². The number of piperidine rings is 1. The van der Waals surface area contributed by atoms with Crippen molar-refractivity contribution in [3.05, 3.63) is 59.9 Å². The molecule has 1 aliphatic carbocycles. The van der Waals surface area contributed by atoms with Gasteiger partial charge >= 0.3 is 0 Å². The van der Waals surface area contributed by atoms with Crippen LogP contribution < -0.4 is 5.32 Å². The fourth-order valence-corrected chi connectivity index (χ4v) is 4.01. The summed E-state index contributed by atoms with van der Waals surface area (Å²) in [6, 6.07) is 2.03. The number of aromatic nitrogens is 4.